The number of aromatic nitrogens is 4. The quantitative estimate of drug-likeness (QED) is 0.501. The number of ether oxygens (including phenoxy) is 2. The second-order valence-electron chi connectivity index (χ2n) is 5.61. The lowest BCUT2D eigenvalue weighted by molar-refractivity contribution is 0.264. The smallest absolute Gasteiger partial charge is 0.254 e. The first-order valence-electron chi connectivity index (χ1n) is 8.11. The zero-order valence-corrected chi connectivity index (χ0v) is 16.2. The fourth-order valence-corrected chi connectivity index (χ4v) is 3.29. The van der Waals surface area contributed by atoms with Gasteiger partial charge in [0, 0.05) is 11.1 Å². The summed E-state index contributed by atoms with van der Waals surface area (Å²) in [5, 5.41) is 17.5. The third-order valence-electron chi connectivity index (χ3n) is 3.77. The van der Waals surface area contributed by atoms with Crippen LogP contribution >= 0.6 is 22.9 Å². The summed E-state index contributed by atoms with van der Waals surface area (Å²) in [4.78, 5) is 0. The molecule has 28 heavy (non-hydrogen) atoms. The monoisotopic (exact) mass is 415 g/mol. The molecule has 0 aliphatic carbocycles. The SMILES string of the molecule is COc1ccc(-c2nnc(COc3ccc(-c4nnc(N)s4)cc3)o2)cc1Cl. The van der Waals surface area contributed by atoms with Crippen LogP contribution in [0.3, 0.4) is 0 Å². The van der Waals surface area contributed by atoms with Crippen LogP contribution in [0.25, 0.3) is 22.0 Å². The van der Waals surface area contributed by atoms with Gasteiger partial charge in [-0.25, -0.2) is 0 Å². The van der Waals surface area contributed by atoms with Crippen molar-refractivity contribution in [3.63, 3.8) is 0 Å². The zero-order chi connectivity index (χ0) is 19.5. The third kappa shape index (κ3) is 3.90. The van der Waals surface area contributed by atoms with Crippen molar-refractivity contribution in [1.82, 2.24) is 20.4 Å². The number of hydrogen-bond donors (Lipinski definition) is 1. The summed E-state index contributed by atoms with van der Waals surface area (Å²) in [5.41, 5.74) is 7.22. The van der Waals surface area contributed by atoms with Crippen LogP contribution in [0.2, 0.25) is 5.02 Å². The van der Waals surface area contributed by atoms with E-state index in [4.69, 9.17) is 31.2 Å². The van der Waals surface area contributed by atoms with Crippen molar-refractivity contribution in [2.24, 2.45) is 0 Å². The van der Waals surface area contributed by atoms with E-state index in [0.717, 1.165) is 10.6 Å². The van der Waals surface area contributed by atoms with Crippen LogP contribution in [0.1, 0.15) is 5.89 Å². The van der Waals surface area contributed by atoms with Crippen LogP contribution in [0.4, 0.5) is 5.13 Å². The predicted octanol–water partition coefficient (Wildman–Crippen LogP) is 4.08. The molecule has 4 aromatic rings. The largest absolute Gasteiger partial charge is 0.495 e. The number of anilines is 1. The first kappa shape index (κ1) is 18.2. The summed E-state index contributed by atoms with van der Waals surface area (Å²) < 4.78 is 16.5. The Bertz CT molecular complexity index is 1100. The summed E-state index contributed by atoms with van der Waals surface area (Å²) in [6, 6.07) is 12.7. The molecule has 0 aliphatic heterocycles. The number of methoxy groups -OCH3 is 1. The molecule has 2 aromatic heterocycles. The van der Waals surface area contributed by atoms with Crippen molar-refractivity contribution in [3.05, 3.63) is 53.4 Å². The summed E-state index contributed by atoms with van der Waals surface area (Å²) >= 11 is 7.46. The van der Waals surface area contributed by atoms with Gasteiger partial charge in [-0.15, -0.1) is 20.4 Å². The highest BCUT2D eigenvalue weighted by atomic mass is 35.5. The molecule has 2 heterocycles. The molecule has 0 atom stereocenters. The second-order valence-corrected chi connectivity index (χ2v) is 7.03. The van der Waals surface area contributed by atoms with E-state index in [0.29, 0.717) is 39.0 Å². The van der Waals surface area contributed by atoms with E-state index in [1.54, 1.807) is 25.3 Å². The Morgan fingerprint density at radius 2 is 1.82 bits per heavy atom. The standard InChI is InChI=1S/C18H14ClN5O3S/c1-25-14-7-4-11(8-13(14)19)16-22-21-15(27-16)9-26-12-5-2-10(3-6-12)17-23-24-18(20)28-17/h2-8H,9H2,1H3,(H2,20,24). The Balaban J connectivity index is 1.41. The number of nitrogens with zero attached hydrogens (tertiary/aromatic N) is 4. The minimum Gasteiger partial charge on any atom is -0.495 e. The Morgan fingerprint density at radius 1 is 1.04 bits per heavy atom. The van der Waals surface area contributed by atoms with E-state index in [1.807, 2.05) is 24.3 Å². The topological polar surface area (TPSA) is 109 Å². The van der Waals surface area contributed by atoms with Gasteiger partial charge in [0.1, 0.15) is 16.5 Å². The van der Waals surface area contributed by atoms with Gasteiger partial charge in [0.25, 0.3) is 5.89 Å². The number of benzene rings is 2. The molecule has 142 valence electrons. The lowest BCUT2D eigenvalue weighted by Gasteiger charge is -2.04. The van der Waals surface area contributed by atoms with Crippen molar-refractivity contribution in [1.29, 1.82) is 0 Å². The average molecular weight is 416 g/mol. The molecule has 8 nitrogen and oxygen atoms in total. The molecule has 0 saturated heterocycles. The van der Waals surface area contributed by atoms with Crippen LogP contribution in [0, 0.1) is 0 Å². The molecular weight excluding hydrogens is 402 g/mol. The van der Waals surface area contributed by atoms with Crippen LogP contribution in [-0.2, 0) is 6.61 Å². The van der Waals surface area contributed by atoms with Gasteiger partial charge < -0.3 is 19.6 Å². The molecular formula is C18H14ClN5O3S. The van der Waals surface area contributed by atoms with Gasteiger partial charge in [-0.1, -0.05) is 22.9 Å². The number of nitrogens with two attached hydrogens (primary N) is 1. The Hall–Kier alpha value is -3.17. The molecule has 4 rings (SSSR count). The molecule has 0 saturated carbocycles. The minimum atomic E-state index is 0.141. The van der Waals surface area contributed by atoms with Crippen molar-refractivity contribution in [2.45, 2.75) is 6.61 Å². The van der Waals surface area contributed by atoms with Crippen molar-refractivity contribution >= 4 is 28.1 Å². The molecule has 0 aliphatic rings. The van der Waals surface area contributed by atoms with Gasteiger partial charge in [0.2, 0.25) is 11.0 Å². The molecule has 0 fully saturated rings. The molecule has 0 amide bonds. The summed E-state index contributed by atoms with van der Waals surface area (Å²) in [5.74, 6) is 1.94. The first-order valence-corrected chi connectivity index (χ1v) is 9.30. The van der Waals surface area contributed by atoms with Crippen molar-refractivity contribution in [3.8, 4) is 33.5 Å². The minimum absolute atomic E-state index is 0.141. The molecule has 0 unspecified atom stereocenters. The van der Waals surface area contributed by atoms with E-state index in [2.05, 4.69) is 20.4 Å². The number of halogens is 1. The molecule has 10 heteroatoms. The van der Waals surface area contributed by atoms with E-state index < -0.39 is 0 Å². The van der Waals surface area contributed by atoms with E-state index in [-0.39, 0.29) is 6.61 Å². The molecule has 2 N–H and O–H groups in total. The third-order valence-corrected chi connectivity index (χ3v) is 4.87. The Kier molecular flexibility index (Phi) is 5.09. The predicted molar refractivity (Wildman–Crippen MR) is 105 cm³/mol. The number of nitrogen functional groups attached to an aromatic ring is 1. The fraction of sp³-hybridized carbons (Fsp3) is 0.111. The summed E-state index contributed by atoms with van der Waals surface area (Å²) in [6.45, 7) is 0.141. The van der Waals surface area contributed by atoms with Crippen LogP contribution in [-0.4, -0.2) is 27.5 Å². The Morgan fingerprint density at radius 3 is 2.50 bits per heavy atom. The first-order chi connectivity index (χ1) is 13.6. The summed E-state index contributed by atoms with van der Waals surface area (Å²) in [6.07, 6.45) is 0. The maximum atomic E-state index is 6.13. The number of rotatable bonds is 6. The van der Waals surface area contributed by atoms with E-state index >= 15 is 0 Å². The maximum Gasteiger partial charge on any atom is 0.254 e. The molecule has 2 aromatic carbocycles. The highest BCUT2D eigenvalue weighted by Gasteiger charge is 2.12. The second kappa shape index (κ2) is 7.83. The van der Waals surface area contributed by atoms with Crippen molar-refractivity contribution in [2.75, 3.05) is 12.8 Å². The van der Waals surface area contributed by atoms with Crippen LogP contribution in [0.5, 0.6) is 11.5 Å². The average Bonchev–Trinajstić information content (AvgIpc) is 3.36. The summed E-state index contributed by atoms with van der Waals surface area (Å²) in [7, 11) is 1.55. The highest BCUT2D eigenvalue weighted by Crippen LogP contribution is 2.30. The van der Waals surface area contributed by atoms with E-state index in [9.17, 15) is 0 Å². The van der Waals surface area contributed by atoms with Gasteiger partial charge in [-0.05, 0) is 42.5 Å². The van der Waals surface area contributed by atoms with E-state index in [1.165, 1.54) is 11.3 Å². The van der Waals surface area contributed by atoms with Crippen molar-refractivity contribution < 1.29 is 13.9 Å². The Labute approximate surface area is 168 Å². The van der Waals surface area contributed by atoms with Gasteiger partial charge in [-0.2, -0.15) is 0 Å². The molecule has 0 radical (unpaired) electrons. The zero-order valence-electron chi connectivity index (χ0n) is 14.6. The highest BCUT2D eigenvalue weighted by molar-refractivity contribution is 7.18. The normalized spacial score (nSPS) is 10.8. The van der Waals surface area contributed by atoms with Gasteiger partial charge in [0.15, 0.2) is 6.61 Å². The maximum absolute atomic E-state index is 6.13. The molecule has 0 spiro atoms. The lowest BCUT2D eigenvalue weighted by Crippen LogP contribution is -1.95. The molecule has 0 bridgehead atoms. The van der Waals surface area contributed by atoms with Crippen LogP contribution in [0.15, 0.2) is 46.9 Å². The van der Waals surface area contributed by atoms with Gasteiger partial charge >= 0.3 is 0 Å². The lowest BCUT2D eigenvalue weighted by atomic mass is 10.2. The van der Waals surface area contributed by atoms with Gasteiger partial charge in [-0.3, -0.25) is 0 Å². The van der Waals surface area contributed by atoms with Gasteiger partial charge in [0.05, 0.1) is 12.1 Å². The van der Waals surface area contributed by atoms with Crippen LogP contribution < -0.4 is 15.2 Å². The fourth-order valence-electron chi connectivity index (χ4n) is 2.42. The number of hydrogen-bond acceptors (Lipinski definition) is 9.